The Morgan fingerprint density at radius 3 is 2.62 bits per heavy atom. The molecule has 1 saturated heterocycles. The van der Waals surface area contributed by atoms with Crippen LogP contribution in [0.4, 0.5) is 0 Å². The number of likely N-dealkylation sites (N-methyl/N-ethyl adjacent to an activating group) is 1. The normalized spacial score (nSPS) is 18.7. The van der Waals surface area contributed by atoms with E-state index in [1.807, 2.05) is 12.1 Å². The maximum atomic E-state index is 6.07. The molecule has 1 N–H and O–H groups in total. The van der Waals surface area contributed by atoms with Gasteiger partial charge in [-0.15, -0.1) is 0 Å². The number of furan rings is 1. The van der Waals surface area contributed by atoms with Gasteiger partial charge in [-0.2, -0.15) is 0 Å². The highest BCUT2D eigenvalue weighted by atomic mass is 16.3. The summed E-state index contributed by atoms with van der Waals surface area (Å²) in [6.45, 7) is 6.63. The Morgan fingerprint density at radius 1 is 1.14 bits per heavy atom. The summed E-state index contributed by atoms with van der Waals surface area (Å²) in [7, 11) is 0. The van der Waals surface area contributed by atoms with Gasteiger partial charge >= 0.3 is 0 Å². The van der Waals surface area contributed by atoms with Crippen molar-refractivity contribution in [2.75, 3.05) is 26.2 Å². The highest BCUT2D eigenvalue weighted by molar-refractivity contribution is 5.77. The molecule has 0 saturated carbocycles. The summed E-state index contributed by atoms with van der Waals surface area (Å²) in [5.41, 5.74) is 0.992. The first kappa shape index (κ1) is 14.6. The lowest BCUT2D eigenvalue weighted by Crippen LogP contribution is -2.35. The van der Waals surface area contributed by atoms with Gasteiger partial charge in [0.15, 0.2) is 0 Å². The predicted molar refractivity (Wildman–Crippen MR) is 87.5 cm³/mol. The lowest BCUT2D eigenvalue weighted by molar-refractivity contribution is 0.240. The molecule has 2 aromatic rings. The molecule has 3 rings (SSSR count). The van der Waals surface area contributed by atoms with Crippen LogP contribution in [0.5, 0.6) is 0 Å². The first-order chi connectivity index (χ1) is 10.4. The Hall–Kier alpha value is -1.32. The molecule has 21 heavy (non-hydrogen) atoms. The van der Waals surface area contributed by atoms with Crippen molar-refractivity contribution in [1.29, 1.82) is 0 Å². The molecule has 1 atom stereocenters. The SMILES string of the molecule is CCNC(CN1CCCCCC1)c1cc2ccccc2o1. The standard InChI is InChI=1S/C18H26N2O/c1-2-19-16(14-20-11-7-3-4-8-12-20)18-13-15-9-5-6-10-17(15)21-18/h5-6,9-10,13,16,19H,2-4,7-8,11-12,14H2,1H3. The van der Waals surface area contributed by atoms with E-state index in [2.05, 4.69) is 35.3 Å². The molecule has 3 nitrogen and oxygen atoms in total. The van der Waals surface area contributed by atoms with Crippen LogP contribution in [0.2, 0.25) is 0 Å². The third kappa shape index (κ3) is 3.66. The predicted octanol–water partition coefficient (Wildman–Crippen LogP) is 3.96. The van der Waals surface area contributed by atoms with Crippen molar-refractivity contribution in [1.82, 2.24) is 10.2 Å². The van der Waals surface area contributed by atoms with Crippen LogP contribution in [0.25, 0.3) is 11.0 Å². The molecule has 114 valence electrons. The number of nitrogens with zero attached hydrogens (tertiary/aromatic N) is 1. The fraction of sp³-hybridized carbons (Fsp3) is 0.556. The molecule has 1 aromatic heterocycles. The zero-order chi connectivity index (χ0) is 14.5. The molecule has 0 bridgehead atoms. The van der Waals surface area contributed by atoms with Gasteiger partial charge in [-0.05, 0) is 44.6 Å². The van der Waals surface area contributed by atoms with E-state index >= 15 is 0 Å². The van der Waals surface area contributed by atoms with Gasteiger partial charge < -0.3 is 14.6 Å². The van der Waals surface area contributed by atoms with E-state index in [1.165, 1.54) is 44.2 Å². The van der Waals surface area contributed by atoms with E-state index in [1.54, 1.807) is 0 Å². The Labute approximate surface area is 127 Å². The maximum Gasteiger partial charge on any atom is 0.134 e. The smallest absolute Gasteiger partial charge is 0.134 e. The second kappa shape index (κ2) is 7.10. The zero-order valence-electron chi connectivity index (χ0n) is 13.0. The average Bonchev–Trinajstić information content (AvgIpc) is 2.77. The minimum absolute atomic E-state index is 0.292. The topological polar surface area (TPSA) is 28.4 Å². The number of fused-ring (bicyclic) bond motifs is 1. The van der Waals surface area contributed by atoms with Gasteiger partial charge in [-0.3, -0.25) is 0 Å². The third-order valence-corrected chi connectivity index (χ3v) is 4.38. The van der Waals surface area contributed by atoms with Crippen molar-refractivity contribution in [3.8, 4) is 0 Å². The Balaban J connectivity index is 1.76. The van der Waals surface area contributed by atoms with Crippen molar-refractivity contribution >= 4 is 11.0 Å². The van der Waals surface area contributed by atoms with Crippen LogP contribution < -0.4 is 5.32 Å². The number of hydrogen-bond acceptors (Lipinski definition) is 3. The number of hydrogen-bond donors (Lipinski definition) is 1. The van der Waals surface area contributed by atoms with Crippen LogP contribution in [0.1, 0.15) is 44.4 Å². The second-order valence-electron chi connectivity index (χ2n) is 6.01. The summed E-state index contributed by atoms with van der Waals surface area (Å²) in [6, 6.07) is 10.8. The largest absolute Gasteiger partial charge is 0.459 e. The summed E-state index contributed by atoms with van der Waals surface area (Å²) < 4.78 is 6.07. The van der Waals surface area contributed by atoms with Gasteiger partial charge in [0.1, 0.15) is 11.3 Å². The van der Waals surface area contributed by atoms with Gasteiger partial charge in [0.25, 0.3) is 0 Å². The van der Waals surface area contributed by atoms with E-state index in [0.29, 0.717) is 6.04 Å². The molecule has 1 aliphatic rings. The summed E-state index contributed by atoms with van der Waals surface area (Å²) in [4.78, 5) is 2.59. The molecule has 1 fully saturated rings. The highest BCUT2D eigenvalue weighted by Gasteiger charge is 2.19. The van der Waals surface area contributed by atoms with Crippen molar-refractivity contribution in [3.63, 3.8) is 0 Å². The van der Waals surface area contributed by atoms with E-state index in [0.717, 1.165) is 24.4 Å². The maximum absolute atomic E-state index is 6.07. The molecule has 0 amide bonds. The number of likely N-dealkylation sites (tertiary alicyclic amines) is 1. The lowest BCUT2D eigenvalue weighted by atomic mass is 10.1. The summed E-state index contributed by atoms with van der Waals surface area (Å²) >= 11 is 0. The van der Waals surface area contributed by atoms with Gasteiger partial charge in [0, 0.05) is 11.9 Å². The van der Waals surface area contributed by atoms with E-state index in [4.69, 9.17) is 4.42 Å². The minimum Gasteiger partial charge on any atom is -0.459 e. The van der Waals surface area contributed by atoms with Gasteiger partial charge in [0.05, 0.1) is 6.04 Å². The summed E-state index contributed by atoms with van der Waals surface area (Å²) in [6.07, 6.45) is 5.43. The van der Waals surface area contributed by atoms with Gasteiger partial charge in [-0.25, -0.2) is 0 Å². The first-order valence-corrected chi connectivity index (χ1v) is 8.31. The minimum atomic E-state index is 0.292. The van der Waals surface area contributed by atoms with Crippen molar-refractivity contribution in [2.24, 2.45) is 0 Å². The molecule has 1 aromatic carbocycles. The van der Waals surface area contributed by atoms with Crippen LogP contribution in [-0.2, 0) is 0 Å². The van der Waals surface area contributed by atoms with Crippen molar-refractivity contribution in [2.45, 2.75) is 38.6 Å². The van der Waals surface area contributed by atoms with Gasteiger partial charge in [0.2, 0.25) is 0 Å². The quantitative estimate of drug-likeness (QED) is 0.902. The zero-order valence-corrected chi connectivity index (χ0v) is 13.0. The molecule has 1 unspecified atom stereocenters. The molecule has 2 heterocycles. The summed E-state index contributed by atoms with van der Waals surface area (Å²) in [5, 5.41) is 4.79. The van der Waals surface area contributed by atoms with Crippen LogP contribution >= 0.6 is 0 Å². The summed E-state index contributed by atoms with van der Waals surface area (Å²) in [5.74, 6) is 1.07. The van der Waals surface area contributed by atoms with E-state index < -0.39 is 0 Å². The number of benzene rings is 1. The van der Waals surface area contributed by atoms with Crippen LogP contribution in [0.3, 0.4) is 0 Å². The van der Waals surface area contributed by atoms with E-state index in [-0.39, 0.29) is 0 Å². The van der Waals surface area contributed by atoms with Gasteiger partial charge in [-0.1, -0.05) is 38.0 Å². The second-order valence-corrected chi connectivity index (χ2v) is 6.01. The lowest BCUT2D eigenvalue weighted by Gasteiger charge is -2.25. The number of nitrogens with one attached hydrogen (secondary N) is 1. The number of rotatable bonds is 5. The molecular formula is C18H26N2O. The average molecular weight is 286 g/mol. The van der Waals surface area contributed by atoms with Crippen LogP contribution in [-0.4, -0.2) is 31.1 Å². The van der Waals surface area contributed by atoms with Crippen molar-refractivity contribution in [3.05, 3.63) is 36.1 Å². The number of para-hydroxylation sites is 1. The molecule has 0 spiro atoms. The molecule has 0 aliphatic carbocycles. The Kier molecular flexibility index (Phi) is 4.94. The fourth-order valence-corrected chi connectivity index (χ4v) is 3.25. The van der Waals surface area contributed by atoms with E-state index in [9.17, 15) is 0 Å². The molecule has 0 radical (unpaired) electrons. The molecule has 1 aliphatic heterocycles. The molecular weight excluding hydrogens is 260 g/mol. The Morgan fingerprint density at radius 2 is 1.90 bits per heavy atom. The first-order valence-electron chi connectivity index (χ1n) is 8.31. The highest BCUT2D eigenvalue weighted by Crippen LogP contribution is 2.25. The fourth-order valence-electron chi connectivity index (χ4n) is 3.25. The van der Waals surface area contributed by atoms with Crippen LogP contribution in [0, 0.1) is 0 Å². The Bertz CT molecular complexity index is 522. The third-order valence-electron chi connectivity index (χ3n) is 4.38. The van der Waals surface area contributed by atoms with Crippen molar-refractivity contribution < 1.29 is 4.42 Å². The van der Waals surface area contributed by atoms with Crippen LogP contribution in [0.15, 0.2) is 34.7 Å². The monoisotopic (exact) mass is 286 g/mol. The molecule has 3 heteroatoms.